The molecule has 3 rings (SSSR count). The van der Waals surface area contributed by atoms with Gasteiger partial charge in [0.2, 0.25) is 5.95 Å². The maximum absolute atomic E-state index is 13.3. The van der Waals surface area contributed by atoms with E-state index in [0.29, 0.717) is 5.95 Å². The van der Waals surface area contributed by atoms with Crippen LogP contribution >= 0.6 is 23.3 Å². The fourth-order valence-corrected chi connectivity index (χ4v) is 4.20. The summed E-state index contributed by atoms with van der Waals surface area (Å²) in [6, 6.07) is 1.69. The molecule has 1 fully saturated rings. The van der Waals surface area contributed by atoms with Crippen molar-refractivity contribution in [3.63, 3.8) is 0 Å². The monoisotopic (exact) mass is 404 g/mol. The third kappa shape index (κ3) is 4.38. The first-order valence-corrected chi connectivity index (χ1v) is 10.1. The van der Waals surface area contributed by atoms with Crippen molar-refractivity contribution in [2.45, 2.75) is 25.1 Å². The van der Waals surface area contributed by atoms with Crippen LogP contribution in [0.15, 0.2) is 12.3 Å². The number of alkyl halides is 3. The number of rotatable bonds is 5. The van der Waals surface area contributed by atoms with Gasteiger partial charge in [0.25, 0.3) is 0 Å². The van der Waals surface area contributed by atoms with Crippen LogP contribution in [-0.4, -0.2) is 51.7 Å². The Bertz CT molecular complexity index is 743. The van der Waals surface area contributed by atoms with E-state index in [1.807, 2.05) is 6.26 Å². The minimum Gasteiger partial charge on any atom is -0.365 e. The molecule has 0 saturated carbocycles. The number of hydrogen-bond acceptors (Lipinski definition) is 8. The molecule has 26 heavy (non-hydrogen) atoms. The Morgan fingerprint density at radius 3 is 2.62 bits per heavy atom. The van der Waals surface area contributed by atoms with Crippen molar-refractivity contribution in [1.29, 1.82) is 0 Å². The van der Waals surface area contributed by atoms with Crippen LogP contribution in [0.5, 0.6) is 0 Å². The Hall–Kier alpha value is -1.59. The van der Waals surface area contributed by atoms with Crippen molar-refractivity contribution in [3.05, 3.63) is 18.0 Å². The lowest BCUT2D eigenvalue weighted by atomic mass is 10.1. The van der Waals surface area contributed by atoms with Crippen molar-refractivity contribution in [2.24, 2.45) is 0 Å². The van der Waals surface area contributed by atoms with Gasteiger partial charge in [-0.05, 0) is 25.2 Å². The Morgan fingerprint density at radius 1 is 1.27 bits per heavy atom. The van der Waals surface area contributed by atoms with Gasteiger partial charge in [-0.2, -0.15) is 13.2 Å². The smallest absolute Gasteiger partial charge is 0.365 e. The summed E-state index contributed by atoms with van der Waals surface area (Å²) in [7, 11) is 1.54. The molecule has 1 aliphatic rings. The zero-order valence-electron chi connectivity index (χ0n) is 14.3. The van der Waals surface area contributed by atoms with E-state index in [4.69, 9.17) is 0 Å². The summed E-state index contributed by atoms with van der Waals surface area (Å²) in [6.07, 6.45) is 0.858. The molecule has 2 N–H and O–H groups in total. The summed E-state index contributed by atoms with van der Waals surface area (Å²) in [6.45, 7) is 1.91. The van der Waals surface area contributed by atoms with Gasteiger partial charge in [0.05, 0.1) is 10.6 Å². The van der Waals surface area contributed by atoms with Gasteiger partial charge in [-0.1, -0.05) is 23.3 Å². The minimum atomic E-state index is -4.54. The summed E-state index contributed by atoms with van der Waals surface area (Å²) in [4.78, 5) is 12.1. The van der Waals surface area contributed by atoms with Gasteiger partial charge in [-0.3, -0.25) is 4.31 Å². The van der Waals surface area contributed by atoms with Gasteiger partial charge in [0.1, 0.15) is 0 Å². The maximum atomic E-state index is 13.3. The zero-order chi connectivity index (χ0) is 18.7. The Kier molecular flexibility index (Phi) is 5.88. The average Bonchev–Trinajstić information content (AvgIpc) is 3.08. The van der Waals surface area contributed by atoms with Crippen LogP contribution in [0.25, 0.3) is 10.6 Å². The molecule has 2 aromatic heterocycles. The van der Waals surface area contributed by atoms with Crippen LogP contribution in [0.1, 0.15) is 18.5 Å². The number of aromatic nitrogens is 3. The fourth-order valence-electron chi connectivity index (χ4n) is 2.71. The Balaban J connectivity index is 1.81. The summed E-state index contributed by atoms with van der Waals surface area (Å²) in [5.41, 5.74) is -0.708. The second-order valence-corrected chi connectivity index (χ2v) is 7.62. The molecule has 0 aromatic carbocycles. The van der Waals surface area contributed by atoms with E-state index in [-0.39, 0.29) is 21.7 Å². The first-order valence-electron chi connectivity index (χ1n) is 8.05. The summed E-state index contributed by atoms with van der Waals surface area (Å²) in [5, 5.41) is 6.10. The number of thiazole rings is 1. The number of nitrogens with one attached hydrogen (secondary N) is 2. The largest absolute Gasteiger partial charge is 0.434 e. The molecule has 0 aliphatic carbocycles. The van der Waals surface area contributed by atoms with Crippen LogP contribution in [0.4, 0.5) is 24.3 Å². The van der Waals surface area contributed by atoms with Gasteiger partial charge in [-0.15, -0.1) is 0 Å². The van der Waals surface area contributed by atoms with E-state index in [9.17, 15) is 13.2 Å². The Labute approximate surface area is 157 Å². The lowest BCUT2D eigenvalue weighted by molar-refractivity contribution is -0.140. The molecule has 142 valence electrons. The van der Waals surface area contributed by atoms with Crippen molar-refractivity contribution < 1.29 is 13.2 Å². The first-order chi connectivity index (χ1) is 12.4. The predicted molar refractivity (Wildman–Crippen MR) is 99.4 cm³/mol. The van der Waals surface area contributed by atoms with Crippen molar-refractivity contribution in [3.8, 4) is 10.6 Å². The van der Waals surface area contributed by atoms with E-state index in [2.05, 4.69) is 29.9 Å². The fraction of sp³-hybridized carbons (Fsp3) is 0.533. The number of halogens is 3. The van der Waals surface area contributed by atoms with E-state index < -0.39 is 11.9 Å². The third-order valence-electron chi connectivity index (χ3n) is 4.04. The molecule has 2 aromatic rings. The summed E-state index contributed by atoms with van der Waals surface area (Å²) < 4.78 is 42.1. The SMILES string of the molecule is CNc1nc(C(F)(F)F)c(-c2ccnc(NC3CCN(SC)CC3)n2)s1. The highest BCUT2D eigenvalue weighted by Gasteiger charge is 2.38. The molecule has 0 bridgehead atoms. The van der Waals surface area contributed by atoms with E-state index >= 15 is 0 Å². The molecule has 0 amide bonds. The number of nitrogens with zero attached hydrogens (tertiary/aromatic N) is 4. The molecule has 3 heterocycles. The van der Waals surface area contributed by atoms with E-state index in [1.54, 1.807) is 11.9 Å². The van der Waals surface area contributed by atoms with Gasteiger partial charge in [0, 0.05) is 32.4 Å². The van der Waals surface area contributed by atoms with Gasteiger partial charge < -0.3 is 10.6 Å². The molecule has 1 saturated heterocycles. The van der Waals surface area contributed by atoms with Crippen LogP contribution in [-0.2, 0) is 6.18 Å². The normalized spacial score (nSPS) is 16.7. The predicted octanol–water partition coefficient (Wildman–Crippen LogP) is 3.81. The highest BCUT2D eigenvalue weighted by Crippen LogP contribution is 2.41. The van der Waals surface area contributed by atoms with Gasteiger partial charge in [0.15, 0.2) is 10.8 Å². The second-order valence-electron chi connectivity index (χ2n) is 5.74. The molecule has 0 spiro atoms. The molecule has 0 radical (unpaired) electrons. The van der Waals surface area contributed by atoms with Gasteiger partial charge in [-0.25, -0.2) is 15.0 Å². The lowest BCUT2D eigenvalue weighted by Gasteiger charge is -2.30. The lowest BCUT2D eigenvalue weighted by Crippen LogP contribution is -2.35. The topological polar surface area (TPSA) is 66.0 Å². The van der Waals surface area contributed by atoms with Crippen LogP contribution in [0, 0.1) is 0 Å². The molecular weight excluding hydrogens is 385 g/mol. The van der Waals surface area contributed by atoms with Crippen molar-refractivity contribution in [2.75, 3.05) is 37.0 Å². The van der Waals surface area contributed by atoms with Crippen molar-refractivity contribution >= 4 is 34.4 Å². The van der Waals surface area contributed by atoms with Crippen molar-refractivity contribution in [1.82, 2.24) is 19.3 Å². The number of hydrogen-bond donors (Lipinski definition) is 2. The minimum absolute atomic E-state index is 0.00972. The maximum Gasteiger partial charge on any atom is 0.434 e. The second kappa shape index (κ2) is 7.97. The number of anilines is 2. The van der Waals surface area contributed by atoms with Crippen LogP contribution < -0.4 is 10.6 Å². The van der Waals surface area contributed by atoms with Crippen LogP contribution in [0.3, 0.4) is 0 Å². The molecule has 0 unspecified atom stereocenters. The molecule has 1 aliphatic heterocycles. The van der Waals surface area contributed by atoms with Crippen LogP contribution in [0.2, 0.25) is 0 Å². The molecular formula is C15H19F3N6S2. The highest BCUT2D eigenvalue weighted by molar-refractivity contribution is 7.96. The summed E-state index contributed by atoms with van der Waals surface area (Å²) >= 11 is 2.65. The van der Waals surface area contributed by atoms with E-state index in [1.165, 1.54) is 19.3 Å². The first kappa shape index (κ1) is 19.2. The highest BCUT2D eigenvalue weighted by atomic mass is 32.2. The summed E-state index contributed by atoms with van der Waals surface area (Å²) in [5.74, 6) is 0.345. The van der Waals surface area contributed by atoms with E-state index in [0.717, 1.165) is 37.3 Å². The average molecular weight is 404 g/mol. The molecule has 11 heteroatoms. The number of piperidine rings is 1. The third-order valence-corrected chi connectivity index (χ3v) is 6.02. The zero-order valence-corrected chi connectivity index (χ0v) is 15.9. The molecule has 0 atom stereocenters. The standard InChI is InChI=1S/C15H19F3N6S2/c1-19-14-23-12(15(16,17)18)11(26-14)10-3-6-20-13(22-10)21-9-4-7-24(25-2)8-5-9/h3,6,9H,4-5,7-8H2,1-2H3,(H,19,23)(H,20,21,22). The molecule has 6 nitrogen and oxygen atoms in total. The Morgan fingerprint density at radius 2 is 2.00 bits per heavy atom. The van der Waals surface area contributed by atoms with Gasteiger partial charge >= 0.3 is 6.18 Å². The quantitative estimate of drug-likeness (QED) is 0.735.